The van der Waals surface area contributed by atoms with Gasteiger partial charge in [-0.25, -0.2) is 0 Å². The molecule has 21 heavy (non-hydrogen) atoms. The highest BCUT2D eigenvalue weighted by atomic mass is 16.5. The summed E-state index contributed by atoms with van der Waals surface area (Å²) in [6.07, 6.45) is 5.69. The Labute approximate surface area is 125 Å². The standard InChI is InChI=1S/C18H18N2O/c1-2-3-12-21-17-9-7-15(8-10-17)13-16(14-19)18-6-4-5-11-20-18/h4-11,13H,2-3,12H2,1H3/b16-13-. The number of benzene rings is 1. The second-order valence-electron chi connectivity index (χ2n) is 4.66. The van der Waals surface area contributed by atoms with Gasteiger partial charge in [0, 0.05) is 6.20 Å². The van der Waals surface area contributed by atoms with Gasteiger partial charge < -0.3 is 4.74 Å². The van der Waals surface area contributed by atoms with Gasteiger partial charge in [-0.1, -0.05) is 31.5 Å². The molecule has 1 aromatic heterocycles. The van der Waals surface area contributed by atoms with Crippen molar-refractivity contribution in [2.24, 2.45) is 0 Å². The lowest BCUT2D eigenvalue weighted by atomic mass is 10.1. The molecule has 1 aromatic carbocycles. The Bertz CT molecular complexity index is 625. The minimum atomic E-state index is 0.551. The Morgan fingerprint density at radius 3 is 2.67 bits per heavy atom. The summed E-state index contributed by atoms with van der Waals surface area (Å²) in [7, 11) is 0. The fraction of sp³-hybridized carbons (Fsp3) is 0.222. The van der Waals surface area contributed by atoms with Gasteiger partial charge >= 0.3 is 0 Å². The Morgan fingerprint density at radius 1 is 1.24 bits per heavy atom. The van der Waals surface area contributed by atoms with Crippen molar-refractivity contribution in [1.82, 2.24) is 4.98 Å². The van der Waals surface area contributed by atoms with Gasteiger partial charge in [-0.3, -0.25) is 4.98 Å². The minimum Gasteiger partial charge on any atom is -0.494 e. The zero-order valence-electron chi connectivity index (χ0n) is 12.1. The van der Waals surface area contributed by atoms with E-state index in [1.807, 2.05) is 48.5 Å². The van der Waals surface area contributed by atoms with Crippen LogP contribution < -0.4 is 4.74 Å². The van der Waals surface area contributed by atoms with Crippen LogP contribution in [-0.4, -0.2) is 11.6 Å². The van der Waals surface area contributed by atoms with Crippen LogP contribution in [0.2, 0.25) is 0 Å². The van der Waals surface area contributed by atoms with E-state index in [1.54, 1.807) is 6.20 Å². The number of hydrogen-bond acceptors (Lipinski definition) is 3. The third-order valence-electron chi connectivity index (χ3n) is 3.02. The second-order valence-corrected chi connectivity index (χ2v) is 4.66. The van der Waals surface area contributed by atoms with Crippen molar-refractivity contribution >= 4 is 11.6 Å². The molecule has 0 fully saturated rings. The van der Waals surface area contributed by atoms with Crippen LogP contribution in [0.4, 0.5) is 0 Å². The van der Waals surface area contributed by atoms with Crippen molar-refractivity contribution in [3.05, 3.63) is 59.9 Å². The summed E-state index contributed by atoms with van der Waals surface area (Å²) in [5.74, 6) is 0.858. The molecule has 106 valence electrons. The molecule has 0 aliphatic heterocycles. The van der Waals surface area contributed by atoms with Crippen molar-refractivity contribution < 1.29 is 4.74 Å². The Balaban J connectivity index is 2.11. The predicted molar refractivity (Wildman–Crippen MR) is 84.6 cm³/mol. The summed E-state index contributed by atoms with van der Waals surface area (Å²) in [5, 5.41) is 9.26. The first-order valence-corrected chi connectivity index (χ1v) is 7.09. The van der Waals surface area contributed by atoms with Crippen LogP contribution in [0.5, 0.6) is 5.75 Å². The minimum absolute atomic E-state index is 0.551. The summed E-state index contributed by atoms with van der Waals surface area (Å²) in [6, 6.07) is 15.5. The highest BCUT2D eigenvalue weighted by Gasteiger charge is 2.01. The lowest BCUT2D eigenvalue weighted by Crippen LogP contribution is -1.95. The van der Waals surface area contributed by atoms with Crippen LogP contribution in [0.1, 0.15) is 31.0 Å². The molecule has 1 heterocycles. The maximum atomic E-state index is 9.26. The maximum absolute atomic E-state index is 9.26. The first kappa shape index (κ1) is 14.8. The fourth-order valence-corrected chi connectivity index (χ4v) is 1.85. The number of aromatic nitrogens is 1. The van der Waals surface area contributed by atoms with Gasteiger partial charge in [0.2, 0.25) is 0 Å². The van der Waals surface area contributed by atoms with Crippen molar-refractivity contribution in [2.45, 2.75) is 19.8 Å². The molecule has 2 rings (SSSR count). The highest BCUT2D eigenvalue weighted by molar-refractivity contribution is 5.88. The van der Waals surface area contributed by atoms with E-state index in [0.29, 0.717) is 11.3 Å². The summed E-state index contributed by atoms with van der Waals surface area (Å²) >= 11 is 0. The lowest BCUT2D eigenvalue weighted by molar-refractivity contribution is 0.309. The van der Waals surface area contributed by atoms with Gasteiger partial charge in [0.05, 0.1) is 17.9 Å². The molecule has 0 saturated carbocycles. The van der Waals surface area contributed by atoms with E-state index in [4.69, 9.17) is 4.74 Å². The average Bonchev–Trinajstić information content (AvgIpc) is 2.55. The van der Waals surface area contributed by atoms with E-state index in [-0.39, 0.29) is 0 Å². The van der Waals surface area contributed by atoms with Crippen molar-refractivity contribution in [3.8, 4) is 11.8 Å². The largest absolute Gasteiger partial charge is 0.494 e. The zero-order valence-corrected chi connectivity index (χ0v) is 12.1. The zero-order chi connectivity index (χ0) is 14.9. The van der Waals surface area contributed by atoms with Crippen LogP contribution in [0.15, 0.2) is 48.7 Å². The van der Waals surface area contributed by atoms with Gasteiger partial charge in [-0.05, 0) is 42.3 Å². The van der Waals surface area contributed by atoms with Crippen molar-refractivity contribution in [3.63, 3.8) is 0 Å². The first-order chi connectivity index (χ1) is 10.3. The fourth-order valence-electron chi connectivity index (χ4n) is 1.85. The van der Waals surface area contributed by atoms with Crippen molar-refractivity contribution in [2.75, 3.05) is 6.61 Å². The van der Waals surface area contributed by atoms with Gasteiger partial charge in [0.15, 0.2) is 0 Å². The number of pyridine rings is 1. The number of nitriles is 1. The van der Waals surface area contributed by atoms with Gasteiger partial charge in [0.25, 0.3) is 0 Å². The molecule has 3 heteroatoms. The molecule has 0 saturated heterocycles. The first-order valence-electron chi connectivity index (χ1n) is 7.09. The molecule has 0 spiro atoms. The molecule has 0 radical (unpaired) electrons. The Hall–Kier alpha value is -2.60. The smallest absolute Gasteiger partial charge is 0.119 e. The van der Waals surface area contributed by atoms with Crippen LogP contribution in [0.25, 0.3) is 11.6 Å². The third kappa shape index (κ3) is 4.47. The van der Waals surface area contributed by atoms with Crippen molar-refractivity contribution in [1.29, 1.82) is 5.26 Å². The summed E-state index contributed by atoms with van der Waals surface area (Å²) in [4.78, 5) is 4.20. The molecule has 2 aromatic rings. The number of nitrogens with zero attached hydrogens (tertiary/aromatic N) is 2. The van der Waals surface area contributed by atoms with Gasteiger partial charge in [-0.15, -0.1) is 0 Å². The van der Waals surface area contributed by atoms with E-state index in [9.17, 15) is 5.26 Å². The molecule has 0 bridgehead atoms. The predicted octanol–water partition coefficient (Wildman–Crippen LogP) is 4.32. The second kappa shape index (κ2) is 7.86. The topological polar surface area (TPSA) is 45.9 Å². The molecular weight excluding hydrogens is 260 g/mol. The average molecular weight is 278 g/mol. The molecule has 0 atom stereocenters. The van der Waals surface area contributed by atoms with Crippen LogP contribution in [-0.2, 0) is 0 Å². The normalized spacial score (nSPS) is 11.0. The van der Waals surface area contributed by atoms with Crippen LogP contribution in [0, 0.1) is 11.3 Å². The molecular formula is C18H18N2O. The third-order valence-corrected chi connectivity index (χ3v) is 3.02. The Kier molecular flexibility index (Phi) is 5.54. The number of hydrogen-bond donors (Lipinski definition) is 0. The quantitative estimate of drug-likeness (QED) is 0.583. The highest BCUT2D eigenvalue weighted by Crippen LogP contribution is 2.18. The lowest BCUT2D eigenvalue weighted by Gasteiger charge is -2.05. The number of allylic oxidation sites excluding steroid dienone is 1. The number of ether oxygens (including phenoxy) is 1. The van der Waals surface area contributed by atoms with E-state index >= 15 is 0 Å². The molecule has 0 N–H and O–H groups in total. The number of unbranched alkanes of at least 4 members (excludes halogenated alkanes) is 1. The van der Waals surface area contributed by atoms with E-state index in [1.165, 1.54) is 0 Å². The molecule has 0 aliphatic rings. The van der Waals surface area contributed by atoms with Gasteiger partial charge in [0.1, 0.15) is 11.8 Å². The summed E-state index contributed by atoms with van der Waals surface area (Å²) in [5.41, 5.74) is 2.19. The molecule has 0 aliphatic carbocycles. The van der Waals surface area contributed by atoms with E-state index in [0.717, 1.165) is 30.8 Å². The maximum Gasteiger partial charge on any atom is 0.119 e. The van der Waals surface area contributed by atoms with E-state index in [2.05, 4.69) is 18.0 Å². The van der Waals surface area contributed by atoms with E-state index < -0.39 is 0 Å². The molecule has 0 amide bonds. The SMILES string of the molecule is CCCCOc1ccc(/C=C(/C#N)c2ccccn2)cc1. The molecule has 0 unspecified atom stereocenters. The monoisotopic (exact) mass is 278 g/mol. The summed E-state index contributed by atoms with van der Waals surface area (Å²) in [6.45, 7) is 2.88. The van der Waals surface area contributed by atoms with Gasteiger partial charge in [-0.2, -0.15) is 5.26 Å². The van der Waals surface area contributed by atoms with Crippen LogP contribution in [0.3, 0.4) is 0 Å². The van der Waals surface area contributed by atoms with Crippen LogP contribution >= 0.6 is 0 Å². The summed E-state index contributed by atoms with van der Waals surface area (Å²) < 4.78 is 5.62. The Morgan fingerprint density at radius 2 is 2.05 bits per heavy atom. The molecule has 3 nitrogen and oxygen atoms in total. The number of rotatable bonds is 6.